The molecule has 1 atom stereocenters. The molecule has 3 N–H and O–H groups in total. The van der Waals surface area contributed by atoms with Gasteiger partial charge in [-0.3, -0.25) is 19.2 Å². The third-order valence-corrected chi connectivity index (χ3v) is 5.54. The number of nitrogens with zero attached hydrogens (tertiary/aromatic N) is 1. The number of amides is 4. The van der Waals surface area contributed by atoms with Crippen molar-refractivity contribution < 1.29 is 19.2 Å². The lowest BCUT2D eigenvalue weighted by atomic mass is 10.0. The zero-order chi connectivity index (χ0) is 19.7. The molecule has 148 valence electrons. The van der Waals surface area contributed by atoms with Crippen LogP contribution < -0.4 is 16.0 Å². The summed E-state index contributed by atoms with van der Waals surface area (Å²) >= 11 is 0. The number of fused-ring (bicyclic) bond motifs is 1. The van der Waals surface area contributed by atoms with Crippen LogP contribution in [0.15, 0.2) is 24.3 Å². The number of rotatable bonds is 4. The molecule has 0 radical (unpaired) electrons. The first-order valence-electron chi connectivity index (χ1n) is 9.80. The molecule has 0 unspecified atom stereocenters. The van der Waals surface area contributed by atoms with Gasteiger partial charge in [0.25, 0.3) is 5.91 Å². The van der Waals surface area contributed by atoms with Gasteiger partial charge in [0.15, 0.2) is 0 Å². The highest BCUT2D eigenvalue weighted by Gasteiger charge is 2.35. The van der Waals surface area contributed by atoms with Crippen LogP contribution in [0.4, 0.5) is 5.69 Å². The van der Waals surface area contributed by atoms with Gasteiger partial charge < -0.3 is 20.9 Å². The van der Waals surface area contributed by atoms with Crippen LogP contribution in [0.1, 0.15) is 42.5 Å². The van der Waals surface area contributed by atoms with Gasteiger partial charge in [-0.05, 0) is 37.8 Å². The monoisotopic (exact) mass is 384 g/mol. The summed E-state index contributed by atoms with van der Waals surface area (Å²) in [7, 11) is 0. The fraction of sp³-hybridized carbons (Fsp3) is 0.500. The van der Waals surface area contributed by atoms with E-state index < -0.39 is 11.9 Å². The molecule has 1 saturated heterocycles. The molecule has 1 aromatic rings. The summed E-state index contributed by atoms with van der Waals surface area (Å²) in [6.07, 6.45) is 3.29. The molecule has 2 fully saturated rings. The van der Waals surface area contributed by atoms with Crippen LogP contribution in [0, 0.1) is 5.92 Å². The first-order chi connectivity index (χ1) is 13.5. The van der Waals surface area contributed by atoms with E-state index in [1.165, 1.54) is 0 Å². The summed E-state index contributed by atoms with van der Waals surface area (Å²) in [6, 6.07) is 5.81. The zero-order valence-electron chi connectivity index (χ0n) is 15.6. The van der Waals surface area contributed by atoms with Gasteiger partial charge >= 0.3 is 0 Å². The largest absolute Gasteiger partial charge is 0.353 e. The van der Waals surface area contributed by atoms with Crippen LogP contribution in [0.3, 0.4) is 0 Å². The molecule has 8 nitrogen and oxygen atoms in total. The molecule has 28 heavy (non-hydrogen) atoms. The van der Waals surface area contributed by atoms with Gasteiger partial charge in [-0.25, -0.2) is 0 Å². The number of hydrogen-bond acceptors (Lipinski definition) is 4. The van der Waals surface area contributed by atoms with Gasteiger partial charge in [0.05, 0.1) is 17.7 Å². The predicted molar refractivity (Wildman–Crippen MR) is 101 cm³/mol. The first kappa shape index (κ1) is 18.5. The lowest BCUT2D eigenvalue weighted by Gasteiger charge is -2.32. The van der Waals surface area contributed by atoms with E-state index in [2.05, 4.69) is 16.0 Å². The second-order valence-corrected chi connectivity index (χ2v) is 7.71. The Labute approximate surface area is 163 Å². The standard InChI is InChI=1S/C20H24N4O4/c25-17(21-13-7-9-24(10-8-13)20(28)12-5-6-12)11-16-19(27)22-15-4-2-1-3-14(15)18(26)23-16/h1-4,12-13,16H,5-11H2,(H,21,25)(H,22,27)(H,23,26)/t16-/m0/s1. The SMILES string of the molecule is O=C(C[C@@H]1NC(=O)c2ccccc2NC1=O)NC1CCN(C(=O)C2CC2)CC1. The molecular weight excluding hydrogens is 360 g/mol. The quantitative estimate of drug-likeness (QED) is 0.708. The number of nitrogens with one attached hydrogen (secondary N) is 3. The van der Waals surface area contributed by atoms with Crippen LogP contribution in [-0.4, -0.2) is 53.7 Å². The summed E-state index contributed by atoms with van der Waals surface area (Å²) in [6.45, 7) is 1.30. The molecule has 0 aromatic heterocycles. The Hall–Kier alpha value is -2.90. The van der Waals surface area contributed by atoms with Gasteiger partial charge in [0.1, 0.15) is 6.04 Å². The second-order valence-electron chi connectivity index (χ2n) is 7.71. The second kappa shape index (κ2) is 7.61. The number of anilines is 1. The molecular formula is C20H24N4O4. The van der Waals surface area contributed by atoms with E-state index in [4.69, 9.17) is 0 Å². The molecule has 1 aromatic carbocycles. The molecule has 1 saturated carbocycles. The third kappa shape index (κ3) is 4.00. The molecule has 4 amide bonds. The highest BCUT2D eigenvalue weighted by molar-refractivity contribution is 6.10. The summed E-state index contributed by atoms with van der Waals surface area (Å²) < 4.78 is 0. The van der Waals surface area contributed by atoms with E-state index in [0.29, 0.717) is 37.2 Å². The molecule has 4 rings (SSSR count). The smallest absolute Gasteiger partial charge is 0.254 e. The number of para-hydroxylation sites is 1. The van der Waals surface area contributed by atoms with Crippen LogP contribution >= 0.6 is 0 Å². The van der Waals surface area contributed by atoms with Crippen LogP contribution in [0.5, 0.6) is 0 Å². The first-order valence-corrected chi connectivity index (χ1v) is 9.80. The Morgan fingerprint density at radius 3 is 2.50 bits per heavy atom. The molecule has 8 heteroatoms. The summed E-state index contributed by atoms with van der Waals surface area (Å²) in [4.78, 5) is 51.1. The molecule has 1 aliphatic carbocycles. The summed E-state index contributed by atoms with van der Waals surface area (Å²) in [5, 5.41) is 8.27. The molecule has 0 spiro atoms. The van der Waals surface area contributed by atoms with Crippen molar-refractivity contribution in [3.05, 3.63) is 29.8 Å². The van der Waals surface area contributed by atoms with Gasteiger partial charge in [0.2, 0.25) is 17.7 Å². The molecule has 2 aliphatic heterocycles. The average molecular weight is 384 g/mol. The summed E-state index contributed by atoms with van der Waals surface area (Å²) in [5.41, 5.74) is 0.826. The van der Waals surface area contributed by atoms with Crippen molar-refractivity contribution in [2.45, 2.75) is 44.2 Å². The summed E-state index contributed by atoms with van der Waals surface area (Å²) in [5.74, 6) is -0.606. The number of carbonyl (C=O) groups excluding carboxylic acids is 4. The third-order valence-electron chi connectivity index (χ3n) is 5.54. The minimum absolute atomic E-state index is 0.0162. The van der Waals surface area contributed by atoms with E-state index in [1.54, 1.807) is 24.3 Å². The Morgan fingerprint density at radius 1 is 1.07 bits per heavy atom. The number of piperidine rings is 1. The number of hydrogen-bond donors (Lipinski definition) is 3. The minimum atomic E-state index is -0.920. The molecule has 3 aliphatic rings. The maximum absolute atomic E-state index is 12.4. The van der Waals surface area contributed by atoms with Crippen molar-refractivity contribution in [1.29, 1.82) is 0 Å². The maximum atomic E-state index is 12.4. The fourth-order valence-electron chi connectivity index (χ4n) is 3.76. The van der Waals surface area contributed by atoms with Gasteiger partial charge in [-0.1, -0.05) is 12.1 Å². The number of benzene rings is 1. The van der Waals surface area contributed by atoms with E-state index >= 15 is 0 Å². The average Bonchev–Trinajstić information content (AvgIpc) is 3.53. The van der Waals surface area contributed by atoms with Gasteiger partial charge in [-0.2, -0.15) is 0 Å². The van der Waals surface area contributed by atoms with Crippen molar-refractivity contribution in [2.75, 3.05) is 18.4 Å². The minimum Gasteiger partial charge on any atom is -0.353 e. The highest BCUT2D eigenvalue weighted by Crippen LogP contribution is 2.31. The molecule has 2 heterocycles. The van der Waals surface area contributed by atoms with Crippen molar-refractivity contribution >= 4 is 29.3 Å². The molecule has 0 bridgehead atoms. The predicted octanol–water partition coefficient (Wildman–Crippen LogP) is 0.644. The van der Waals surface area contributed by atoms with E-state index in [9.17, 15) is 19.2 Å². The van der Waals surface area contributed by atoms with E-state index in [1.807, 2.05) is 4.90 Å². The Kier molecular flexibility index (Phi) is 5.02. The normalized spacial score (nSPS) is 22.6. The number of likely N-dealkylation sites (tertiary alicyclic amines) is 1. The van der Waals surface area contributed by atoms with E-state index in [0.717, 1.165) is 12.8 Å². The lowest BCUT2D eigenvalue weighted by molar-refractivity contribution is -0.133. The zero-order valence-corrected chi connectivity index (χ0v) is 15.6. The Bertz CT molecular complexity index is 812. The Balaban J connectivity index is 1.29. The van der Waals surface area contributed by atoms with E-state index in [-0.39, 0.29) is 36.1 Å². The maximum Gasteiger partial charge on any atom is 0.254 e. The fourth-order valence-corrected chi connectivity index (χ4v) is 3.76. The van der Waals surface area contributed by atoms with Crippen molar-refractivity contribution in [3.8, 4) is 0 Å². The van der Waals surface area contributed by atoms with Crippen molar-refractivity contribution in [2.24, 2.45) is 5.92 Å². The Morgan fingerprint density at radius 2 is 1.79 bits per heavy atom. The van der Waals surface area contributed by atoms with Gasteiger partial charge in [-0.15, -0.1) is 0 Å². The van der Waals surface area contributed by atoms with Crippen molar-refractivity contribution in [3.63, 3.8) is 0 Å². The highest BCUT2D eigenvalue weighted by atomic mass is 16.2. The van der Waals surface area contributed by atoms with Crippen LogP contribution in [0.2, 0.25) is 0 Å². The van der Waals surface area contributed by atoms with Gasteiger partial charge in [0, 0.05) is 25.0 Å². The van der Waals surface area contributed by atoms with Crippen LogP contribution in [-0.2, 0) is 14.4 Å². The van der Waals surface area contributed by atoms with Crippen LogP contribution in [0.25, 0.3) is 0 Å². The lowest BCUT2D eigenvalue weighted by Crippen LogP contribution is -2.49. The topological polar surface area (TPSA) is 108 Å². The number of carbonyl (C=O) groups is 4. The van der Waals surface area contributed by atoms with Crippen molar-refractivity contribution in [1.82, 2.24) is 15.5 Å².